The number of likely N-dealkylation sites (N-methyl/N-ethyl adjacent to an activating group) is 1. The molecule has 0 saturated heterocycles. The van der Waals surface area contributed by atoms with E-state index in [9.17, 15) is 4.79 Å². The maximum absolute atomic E-state index is 11.5. The summed E-state index contributed by atoms with van der Waals surface area (Å²) in [7, 11) is 4.00. The van der Waals surface area contributed by atoms with Crippen LogP contribution in [0, 0.1) is 0 Å². The number of hydrogen-bond donors (Lipinski definition) is 0. The summed E-state index contributed by atoms with van der Waals surface area (Å²) in [6.45, 7) is 3.37. The fourth-order valence-electron chi connectivity index (χ4n) is 1.31. The molecule has 0 amide bonds. The van der Waals surface area contributed by atoms with Gasteiger partial charge in [-0.2, -0.15) is 0 Å². The second-order valence-corrected chi connectivity index (χ2v) is 3.96. The maximum atomic E-state index is 11.5. The number of carbonyl (C=O) groups excluding carboxylic acids is 1. The van der Waals surface area contributed by atoms with Crippen LogP contribution in [-0.2, 0) is 0 Å². The van der Waals surface area contributed by atoms with Crippen molar-refractivity contribution in [2.24, 2.45) is 0 Å². The number of ketones is 1. The first-order chi connectivity index (χ1) is 7.63. The largest absolute Gasteiger partial charge is 0.492 e. The van der Waals surface area contributed by atoms with Crippen LogP contribution >= 0.6 is 0 Å². The van der Waals surface area contributed by atoms with E-state index >= 15 is 0 Å². The first kappa shape index (κ1) is 12.7. The number of carbonyl (C=O) groups is 1. The van der Waals surface area contributed by atoms with E-state index in [4.69, 9.17) is 4.74 Å². The van der Waals surface area contributed by atoms with Gasteiger partial charge in [0.25, 0.3) is 0 Å². The summed E-state index contributed by atoms with van der Waals surface area (Å²) in [4.78, 5) is 13.5. The van der Waals surface area contributed by atoms with Crippen LogP contribution in [0.2, 0.25) is 0 Å². The number of hydrogen-bond acceptors (Lipinski definition) is 3. The Kier molecular flexibility index (Phi) is 4.99. The maximum Gasteiger partial charge on any atom is 0.162 e. The Bertz CT molecular complexity index is 348. The average Bonchev–Trinajstić information content (AvgIpc) is 2.28. The molecule has 0 bridgehead atoms. The van der Waals surface area contributed by atoms with Gasteiger partial charge in [0.2, 0.25) is 0 Å². The third kappa shape index (κ3) is 4.03. The van der Waals surface area contributed by atoms with Crippen LogP contribution < -0.4 is 4.74 Å². The molecule has 0 aromatic heterocycles. The summed E-state index contributed by atoms with van der Waals surface area (Å²) in [5, 5.41) is 0. The highest BCUT2D eigenvalue weighted by Gasteiger charge is 2.04. The fraction of sp³-hybridized carbons (Fsp3) is 0.462. The van der Waals surface area contributed by atoms with Crippen LogP contribution in [-0.4, -0.2) is 37.9 Å². The minimum Gasteiger partial charge on any atom is -0.492 e. The second kappa shape index (κ2) is 6.28. The quantitative estimate of drug-likeness (QED) is 0.690. The molecule has 0 atom stereocenters. The number of rotatable bonds is 6. The van der Waals surface area contributed by atoms with Gasteiger partial charge in [-0.3, -0.25) is 4.79 Å². The standard InChI is InChI=1S/C13H19NO2/c1-4-13(15)11-6-5-7-12(10-11)16-9-8-14(2)3/h5-7,10H,4,8-9H2,1-3H3. The molecule has 1 rings (SSSR count). The molecule has 0 aliphatic rings. The summed E-state index contributed by atoms with van der Waals surface area (Å²) >= 11 is 0. The molecular formula is C13H19NO2. The summed E-state index contributed by atoms with van der Waals surface area (Å²) in [5.74, 6) is 0.916. The Morgan fingerprint density at radius 2 is 2.12 bits per heavy atom. The first-order valence-electron chi connectivity index (χ1n) is 5.54. The fourth-order valence-corrected chi connectivity index (χ4v) is 1.31. The topological polar surface area (TPSA) is 29.5 Å². The molecule has 0 saturated carbocycles. The van der Waals surface area contributed by atoms with Gasteiger partial charge in [-0.05, 0) is 26.2 Å². The molecule has 0 aliphatic heterocycles. The minimum atomic E-state index is 0.151. The average molecular weight is 221 g/mol. The van der Waals surface area contributed by atoms with E-state index < -0.39 is 0 Å². The van der Waals surface area contributed by atoms with Crippen LogP contribution in [0.4, 0.5) is 0 Å². The van der Waals surface area contributed by atoms with E-state index in [0.717, 1.165) is 17.9 Å². The van der Waals surface area contributed by atoms with Gasteiger partial charge < -0.3 is 9.64 Å². The molecule has 3 heteroatoms. The van der Waals surface area contributed by atoms with Crippen molar-refractivity contribution in [1.82, 2.24) is 4.90 Å². The van der Waals surface area contributed by atoms with Gasteiger partial charge in [0, 0.05) is 18.5 Å². The number of benzene rings is 1. The normalized spacial score (nSPS) is 10.5. The van der Waals surface area contributed by atoms with E-state index in [2.05, 4.69) is 4.90 Å². The van der Waals surface area contributed by atoms with E-state index in [-0.39, 0.29) is 5.78 Å². The highest BCUT2D eigenvalue weighted by atomic mass is 16.5. The molecule has 0 radical (unpaired) electrons. The molecule has 1 aromatic rings. The molecular weight excluding hydrogens is 202 g/mol. The van der Waals surface area contributed by atoms with Gasteiger partial charge in [-0.25, -0.2) is 0 Å². The zero-order valence-electron chi connectivity index (χ0n) is 10.2. The number of ether oxygens (including phenoxy) is 1. The lowest BCUT2D eigenvalue weighted by Crippen LogP contribution is -2.19. The van der Waals surface area contributed by atoms with E-state index in [0.29, 0.717) is 13.0 Å². The van der Waals surface area contributed by atoms with Crippen molar-refractivity contribution in [2.45, 2.75) is 13.3 Å². The van der Waals surface area contributed by atoms with Gasteiger partial charge >= 0.3 is 0 Å². The van der Waals surface area contributed by atoms with Crippen molar-refractivity contribution >= 4 is 5.78 Å². The van der Waals surface area contributed by atoms with Crippen molar-refractivity contribution in [1.29, 1.82) is 0 Å². The highest BCUT2D eigenvalue weighted by Crippen LogP contribution is 2.14. The first-order valence-corrected chi connectivity index (χ1v) is 5.54. The van der Waals surface area contributed by atoms with Gasteiger partial charge in [-0.1, -0.05) is 19.1 Å². The van der Waals surface area contributed by atoms with E-state index in [1.807, 2.05) is 45.3 Å². The minimum absolute atomic E-state index is 0.151. The van der Waals surface area contributed by atoms with E-state index in [1.54, 1.807) is 0 Å². The Hall–Kier alpha value is -1.35. The molecule has 0 unspecified atom stereocenters. The zero-order chi connectivity index (χ0) is 12.0. The lowest BCUT2D eigenvalue weighted by Gasteiger charge is -2.11. The van der Waals surface area contributed by atoms with Crippen LogP contribution in [0.25, 0.3) is 0 Å². The lowest BCUT2D eigenvalue weighted by atomic mass is 10.1. The van der Waals surface area contributed by atoms with Gasteiger partial charge in [0.15, 0.2) is 5.78 Å². The summed E-state index contributed by atoms with van der Waals surface area (Å²) in [6.07, 6.45) is 0.529. The van der Waals surface area contributed by atoms with Gasteiger partial charge in [0.1, 0.15) is 12.4 Å². The molecule has 88 valence electrons. The van der Waals surface area contributed by atoms with Crippen LogP contribution in [0.1, 0.15) is 23.7 Å². The molecule has 0 aliphatic carbocycles. The molecule has 0 fully saturated rings. The Morgan fingerprint density at radius 3 is 2.75 bits per heavy atom. The highest BCUT2D eigenvalue weighted by molar-refractivity contribution is 5.96. The van der Waals surface area contributed by atoms with E-state index in [1.165, 1.54) is 0 Å². The second-order valence-electron chi connectivity index (χ2n) is 3.96. The Labute approximate surface area is 97.0 Å². The molecule has 1 aromatic carbocycles. The zero-order valence-corrected chi connectivity index (χ0v) is 10.2. The molecule has 16 heavy (non-hydrogen) atoms. The molecule has 0 heterocycles. The lowest BCUT2D eigenvalue weighted by molar-refractivity contribution is 0.0987. The summed E-state index contributed by atoms with van der Waals surface area (Å²) in [5.41, 5.74) is 0.727. The SMILES string of the molecule is CCC(=O)c1cccc(OCCN(C)C)c1. The summed E-state index contributed by atoms with van der Waals surface area (Å²) < 4.78 is 5.56. The van der Waals surface area contributed by atoms with Crippen molar-refractivity contribution in [3.63, 3.8) is 0 Å². The van der Waals surface area contributed by atoms with Crippen molar-refractivity contribution in [3.05, 3.63) is 29.8 Å². The predicted molar refractivity (Wildman–Crippen MR) is 65.1 cm³/mol. The van der Waals surface area contributed by atoms with Gasteiger partial charge in [0.05, 0.1) is 0 Å². The van der Waals surface area contributed by atoms with Crippen LogP contribution in [0.15, 0.2) is 24.3 Å². The molecule has 0 N–H and O–H groups in total. The smallest absolute Gasteiger partial charge is 0.162 e. The third-order valence-corrected chi connectivity index (χ3v) is 2.28. The van der Waals surface area contributed by atoms with Crippen molar-refractivity contribution < 1.29 is 9.53 Å². The predicted octanol–water partition coefficient (Wildman–Crippen LogP) is 2.22. The molecule has 0 spiro atoms. The van der Waals surface area contributed by atoms with Gasteiger partial charge in [-0.15, -0.1) is 0 Å². The Balaban J connectivity index is 2.57. The van der Waals surface area contributed by atoms with Crippen molar-refractivity contribution in [3.8, 4) is 5.75 Å². The third-order valence-electron chi connectivity index (χ3n) is 2.28. The van der Waals surface area contributed by atoms with Crippen LogP contribution in [0.5, 0.6) is 5.75 Å². The molecule has 3 nitrogen and oxygen atoms in total. The number of Topliss-reactive ketones (excluding diaryl/α,β-unsaturated/α-hetero) is 1. The van der Waals surface area contributed by atoms with Crippen LogP contribution in [0.3, 0.4) is 0 Å². The Morgan fingerprint density at radius 1 is 1.38 bits per heavy atom. The monoisotopic (exact) mass is 221 g/mol. The summed E-state index contributed by atoms with van der Waals surface area (Å²) in [6, 6.07) is 7.36. The van der Waals surface area contributed by atoms with Crippen molar-refractivity contribution in [2.75, 3.05) is 27.2 Å². The number of nitrogens with zero attached hydrogens (tertiary/aromatic N) is 1.